The molecule has 1 aliphatic carbocycles. The predicted molar refractivity (Wildman–Crippen MR) is 177 cm³/mol. The molecule has 0 bridgehead atoms. The highest BCUT2D eigenvalue weighted by Crippen LogP contribution is 2.26. The van der Waals surface area contributed by atoms with Crippen LogP contribution in [0.1, 0.15) is 42.7 Å². The van der Waals surface area contributed by atoms with Crippen LogP contribution < -0.4 is 15.9 Å². The second-order valence-electron chi connectivity index (χ2n) is 12.6. The smallest absolute Gasteiger partial charge is 0.141 e. The SMILES string of the molecule is OCCC1CCN(CC(O)Cn2ccc(C3C=c4c(Nc5ccc6c(cnn6Cc6cccc(F)c6)c5)ncnc4=CC3)c2)CC1. The van der Waals surface area contributed by atoms with Gasteiger partial charge in [-0.2, -0.15) is 5.10 Å². The number of anilines is 2. The zero-order chi connectivity index (χ0) is 31.5. The number of aliphatic hydroxyl groups excluding tert-OH is 2. The normalized spacial score (nSPS) is 17.8. The van der Waals surface area contributed by atoms with Gasteiger partial charge in [-0.25, -0.2) is 14.4 Å². The van der Waals surface area contributed by atoms with E-state index in [1.807, 2.05) is 35.1 Å². The fourth-order valence-electron chi connectivity index (χ4n) is 6.84. The highest BCUT2D eigenvalue weighted by Gasteiger charge is 2.21. The average Bonchev–Trinajstić information content (AvgIpc) is 3.69. The van der Waals surface area contributed by atoms with Crippen molar-refractivity contribution in [2.24, 2.45) is 5.92 Å². The van der Waals surface area contributed by atoms with E-state index < -0.39 is 6.10 Å². The average molecular weight is 622 g/mol. The van der Waals surface area contributed by atoms with Gasteiger partial charge < -0.3 is 25.0 Å². The van der Waals surface area contributed by atoms with Gasteiger partial charge in [-0.1, -0.05) is 24.3 Å². The molecule has 2 atom stereocenters. The van der Waals surface area contributed by atoms with Crippen molar-refractivity contribution in [1.29, 1.82) is 0 Å². The van der Waals surface area contributed by atoms with E-state index in [1.165, 1.54) is 17.7 Å². The minimum absolute atomic E-state index is 0.173. The zero-order valence-corrected chi connectivity index (χ0v) is 25.8. The molecule has 3 N–H and O–H groups in total. The third kappa shape index (κ3) is 6.89. The van der Waals surface area contributed by atoms with E-state index in [-0.39, 0.29) is 18.3 Å². The van der Waals surface area contributed by atoms with Crippen molar-refractivity contribution in [3.8, 4) is 0 Å². The molecule has 238 valence electrons. The molecular weight excluding hydrogens is 581 g/mol. The first kappa shape index (κ1) is 30.3. The molecule has 46 heavy (non-hydrogen) atoms. The molecule has 0 saturated carbocycles. The van der Waals surface area contributed by atoms with Crippen LogP contribution in [-0.4, -0.2) is 71.8 Å². The van der Waals surface area contributed by atoms with Crippen molar-refractivity contribution < 1.29 is 14.6 Å². The Hall–Kier alpha value is -4.38. The molecule has 2 aromatic carbocycles. The number of hydrogen-bond acceptors (Lipinski definition) is 7. The summed E-state index contributed by atoms with van der Waals surface area (Å²) in [5, 5.41) is 30.9. The molecule has 0 amide bonds. The standard InChI is InChI=1S/C36H40FN7O2/c37-30-3-1-2-26(16-30)20-44-35-7-5-31(17-29(35)19-40-44)41-36-33-18-27(4-6-34(33)38-24-39-36)28-10-14-43(21-28)23-32(46)22-42-12-8-25(9-13-42)11-15-45/h1-3,5-7,10,14,16-19,21,24-25,27,32,45-46H,4,8-9,11-13,15,20,22-23H2,(H,38,39,41). The topological polar surface area (TPSA) is 104 Å². The molecule has 1 fully saturated rings. The van der Waals surface area contributed by atoms with Crippen LogP contribution in [0.15, 0.2) is 73.4 Å². The lowest BCUT2D eigenvalue weighted by Crippen LogP contribution is -2.40. The Morgan fingerprint density at radius 3 is 2.78 bits per heavy atom. The van der Waals surface area contributed by atoms with Crippen molar-refractivity contribution in [2.75, 3.05) is 31.6 Å². The third-order valence-corrected chi connectivity index (χ3v) is 9.31. The van der Waals surface area contributed by atoms with Crippen LogP contribution in [0.5, 0.6) is 0 Å². The molecule has 7 rings (SSSR count). The predicted octanol–water partition coefficient (Wildman–Crippen LogP) is 3.76. The van der Waals surface area contributed by atoms with E-state index in [0.29, 0.717) is 25.6 Å². The van der Waals surface area contributed by atoms with E-state index >= 15 is 0 Å². The summed E-state index contributed by atoms with van der Waals surface area (Å²) in [6, 6.07) is 14.8. The Labute approximate surface area is 267 Å². The summed E-state index contributed by atoms with van der Waals surface area (Å²) in [7, 11) is 0. The second kappa shape index (κ2) is 13.5. The van der Waals surface area contributed by atoms with Gasteiger partial charge in [0, 0.05) is 54.3 Å². The maximum absolute atomic E-state index is 13.7. The third-order valence-electron chi connectivity index (χ3n) is 9.31. The molecule has 1 saturated heterocycles. The molecule has 3 aromatic heterocycles. The van der Waals surface area contributed by atoms with Gasteiger partial charge in [-0.05, 0) is 92.2 Å². The molecule has 2 aliphatic rings. The molecule has 10 heteroatoms. The minimum atomic E-state index is -0.438. The fraction of sp³-hybridized carbons (Fsp3) is 0.361. The maximum Gasteiger partial charge on any atom is 0.141 e. The number of rotatable bonds is 11. The van der Waals surface area contributed by atoms with Gasteiger partial charge in [0.2, 0.25) is 0 Å². The van der Waals surface area contributed by atoms with E-state index in [2.05, 4.69) is 60.5 Å². The van der Waals surface area contributed by atoms with Gasteiger partial charge in [0.25, 0.3) is 0 Å². The second-order valence-corrected chi connectivity index (χ2v) is 12.6. The number of β-amino-alcohol motifs (C(OH)–C–C–N with tert-alkyl or cyclic N) is 1. The van der Waals surface area contributed by atoms with E-state index in [9.17, 15) is 14.6 Å². The maximum atomic E-state index is 13.7. The number of nitrogens with one attached hydrogen (secondary N) is 1. The summed E-state index contributed by atoms with van der Waals surface area (Å²) in [5.41, 5.74) is 3.92. The monoisotopic (exact) mass is 621 g/mol. The van der Waals surface area contributed by atoms with Gasteiger partial charge >= 0.3 is 0 Å². The highest BCUT2D eigenvalue weighted by molar-refractivity contribution is 5.83. The molecule has 5 aromatic rings. The highest BCUT2D eigenvalue weighted by atomic mass is 19.1. The Morgan fingerprint density at radius 2 is 1.93 bits per heavy atom. The number of likely N-dealkylation sites (tertiary alicyclic amines) is 1. The van der Waals surface area contributed by atoms with Gasteiger partial charge in [-0.3, -0.25) is 4.68 Å². The van der Waals surface area contributed by atoms with E-state index in [0.717, 1.165) is 77.3 Å². The summed E-state index contributed by atoms with van der Waals surface area (Å²) < 4.78 is 17.7. The first-order valence-electron chi connectivity index (χ1n) is 16.2. The van der Waals surface area contributed by atoms with Crippen LogP contribution in [0.2, 0.25) is 0 Å². The first-order valence-corrected chi connectivity index (χ1v) is 16.2. The fourth-order valence-corrected chi connectivity index (χ4v) is 6.84. The number of benzene rings is 2. The Balaban J connectivity index is 1.02. The summed E-state index contributed by atoms with van der Waals surface area (Å²) in [5.74, 6) is 1.27. The number of nitrogens with zero attached hydrogens (tertiary/aromatic N) is 6. The molecule has 1 aliphatic heterocycles. The van der Waals surface area contributed by atoms with E-state index in [1.54, 1.807) is 12.4 Å². The van der Waals surface area contributed by atoms with Crippen molar-refractivity contribution in [2.45, 2.75) is 50.8 Å². The van der Waals surface area contributed by atoms with Crippen molar-refractivity contribution in [1.82, 2.24) is 29.2 Å². The minimum Gasteiger partial charge on any atom is -0.396 e. The molecule has 0 radical (unpaired) electrons. The first-order chi connectivity index (χ1) is 22.5. The number of piperidine rings is 1. The molecule has 2 unspecified atom stereocenters. The molecule has 9 nitrogen and oxygen atoms in total. The quantitative estimate of drug-likeness (QED) is 0.206. The van der Waals surface area contributed by atoms with Crippen LogP contribution >= 0.6 is 0 Å². The number of hydrogen-bond donors (Lipinski definition) is 3. The number of aliphatic hydroxyl groups is 2. The van der Waals surface area contributed by atoms with Crippen LogP contribution in [-0.2, 0) is 13.1 Å². The number of aromatic nitrogens is 5. The van der Waals surface area contributed by atoms with Crippen LogP contribution in [0.25, 0.3) is 23.1 Å². The van der Waals surface area contributed by atoms with Gasteiger partial charge in [0.05, 0.1) is 29.7 Å². The van der Waals surface area contributed by atoms with Crippen molar-refractivity contribution in [3.05, 3.63) is 101 Å². The Bertz CT molecular complexity index is 1930. The van der Waals surface area contributed by atoms with Crippen molar-refractivity contribution >= 4 is 34.6 Å². The lowest BCUT2D eigenvalue weighted by atomic mass is 9.93. The van der Waals surface area contributed by atoms with Crippen molar-refractivity contribution in [3.63, 3.8) is 0 Å². The zero-order valence-electron chi connectivity index (χ0n) is 25.8. The van der Waals surface area contributed by atoms with Gasteiger partial charge in [0.1, 0.15) is 18.0 Å². The summed E-state index contributed by atoms with van der Waals surface area (Å²) in [4.78, 5) is 11.5. The lowest BCUT2D eigenvalue weighted by molar-refractivity contribution is 0.0744. The van der Waals surface area contributed by atoms with Gasteiger partial charge in [-0.15, -0.1) is 0 Å². The molecule has 0 spiro atoms. The Kier molecular flexibility index (Phi) is 8.91. The summed E-state index contributed by atoms with van der Waals surface area (Å²) in [6.07, 6.45) is 15.5. The van der Waals surface area contributed by atoms with Gasteiger partial charge in [0.15, 0.2) is 0 Å². The van der Waals surface area contributed by atoms with Crippen LogP contribution in [0.3, 0.4) is 0 Å². The lowest BCUT2D eigenvalue weighted by Gasteiger charge is -2.33. The summed E-state index contributed by atoms with van der Waals surface area (Å²) in [6.45, 7) is 3.95. The number of halogens is 1. The van der Waals surface area contributed by atoms with Crippen LogP contribution in [0.4, 0.5) is 15.9 Å². The summed E-state index contributed by atoms with van der Waals surface area (Å²) >= 11 is 0. The molecular formula is C36H40FN7O2. The Morgan fingerprint density at radius 1 is 1.04 bits per heavy atom. The largest absolute Gasteiger partial charge is 0.396 e. The number of fused-ring (bicyclic) bond motifs is 2. The van der Waals surface area contributed by atoms with E-state index in [4.69, 9.17) is 0 Å². The molecule has 4 heterocycles. The van der Waals surface area contributed by atoms with Crippen LogP contribution in [0, 0.1) is 11.7 Å².